The number of rotatable bonds is 6. The normalized spacial score (nSPS) is 15.3. The van der Waals surface area contributed by atoms with Crippen LogP contribution in [-0.4, -0.2) is 83.2 Å². The van der Waals surface area contributed by atoms with Crippen LogP contribution in [0.3, 0.4) is 0 Å². The Labute approximate surface area is 168 Å². The quantitative estimate of drug-likeness (QED) is 0.609. The molecule has 1 aliphatic heterocycles. The van der Waals surface area contributed by atoms with Gasteiger partial charge in [-0.3, -0.25) is 9.59 Å². The van der Waals surface area contributed by atoms with Crippen molar-refractivity contribution in [1.29, 1.82) is 0 Å². The predicted octanol–water partition coefficient (Wildman–Crippen LogP) is -0.712. The minimum absolute atomic E-state index is 0.129. The fourth-order valence-electron chi connectivity index (χ4n) is 3.14. The van der Waals surface area contributed by atoms with Crippen LogP contribution in [0.25, 0.3) is 11.0 Å². The number of piperazine rings is 1. The average molecular weight is 422 g/mol. The van der Waals surface area contributed by atoms with Gasteiger partial charge >= 0.3 is 10.2 Å². The maximum absolute atomic E-state index is 13.2. The Kier molecular flexibility index (Phi) is 5.84. The molecule has 3 heterocycles. The number of aromatic nitrogens is 3. The van der Waals surface area contributed by atoms with Crippen LogP contribution >= 0.6 is 0 Å². The molecule has 1 aliphatic rings. The third kappa shape index (κ3) is 3.93. The van der Waals surface area contributed by atoms with Crippen molar-refractivity contribution in [1.82, 2.24) is 28.5 Å². The predicted molar refractivity (Wildman–Crippen MR) is 104 cm³/mol. The van der Waals surface area contributed by atoms with Crippen molar-refractivity contribution >= 4 is 33.1 Å². The van der Waals surface area contributed by atoms with Gasteiger partial charge in [0.2, 0.25) is 17.7 Å². The van der Waals surface area contributed by atoms with Gasteiger partial charge in [0.05, 0.1) is 19.0 Å². The lowest BCUT2D eigenvalue weighted by Gasteiger charge is -2.34. The van der Waals surface area contributed by atoms with E-state index < -0.39 is 16.1 Å². The molecule has 1 N–H and O–H groups in total. The number of nitrogens with zero attached hydrogens (tertiary/aromatic N) is 5. The van der Waals surface area contributed by atoms with Crippen molar-refractivity contribution in [2.75, 3.05) is 39.8 Å². The molecule has 29 heavy (non-hydrogen) atoms. The first-order valence-electron chi connectivity index (χ1n) is 8.85. The summed E-state index contributed by atoms with van der Waals surface area (Å²) in [5.74, 6) is -0.415. The van der Waals surface area contributed by atoms with Gasteiger partial charge in [-0.15, -0.1) is 0 Å². The zero-order valence-electron chi connectivity index (χ0n) is 16.2. The van der Waals surface area contributed by atoms with Crippen LogP contribution in [0.4, 0.5) is 0 Å². The molecule has 12 heteroatoms. The summed E-state index contributed by atoms with van der Waals surface area (Å²) in [6.45, 7) is 5.62. The monoisotopic (exact) mass is 422 g/mol. The van der Waals surface area contributed by atoms with Gasteiger partial charge in [0.15, 0.2) is 5.65 Å². The Balaban J connectivity index is 1.76. The number of fused-ring (bicyclic) bond motifs is 1. The summed E-state index contributed by atoms with van der Waals surface area (Å²) in [5.41, 5.74) is 0.910. The minimum atomic E-state index is -3.89. The van der Waals surface area contributed by atoms with Gasteiger partial charge in [-0.1, -0.05) is 6.58 Å². The average Bonchev–Trinajstić information content (AvgIpc) is 3.09. The standard InChI is InChI=1S/C17H22N6O5S/c1-4-13(24)18-9-14(25)21-5-7-22(8-6-21)29(26,27)23-10-12(2)15-16(23)19-11-20-17(15)28-3/h4,10-11H,1,5-9H2,2-3H3,(H,18,24). The number of aryl methyl sites for hydroxylation is 1. The first-order chi connectivity index (χ1) is 13.8. The Bertz CT molecular complexity index is 1060. The van der Waals surface area contributed by atoms with E-state index in [0.717, 1.165) is 10.0 Å². The number of amides is 2. The molecule has 3 rings (SSSR count). The van der Waals surface area contributed by atoms with E-state index >= 15 is 0 Å². The number of carbonyl (C=O) groups excluding carboxylic acids is 2. The SMILES string of the molecule is C=CC(=O)NCC(=O)N1CCN(S(=O)(=O)n2cc(C)c3c(OC)ncnc32)CC1. The van der Waals surface area contributed by atoms with Gasteiger partial charge < -0.3 is 15.0 Å². The zero-order valence-corrected chi connectivity index (χ0v) is 17.0. The zero-order chi connectivity index (χ0) is 21.2. The van der Waals surface area contributed by atoms with Crippen molar-refractivity contribution in [2.24, 2.45) is 0 Å². The van der Waals surface area contributed by atoms with Gasteiger partial charge in [-0.2, -0.15) is 12.7 Å². The topological polar surface area (TPSA) is 127 Å². The molecule has 1 saturated heterocycles. The molecule has 0 spiro atoms. The minimum Gasteiger partial charge on any atom is -0.480 e. The highest BCUT2D eigenvalue weighted by Gasteiger charge is 2.32. The van der Waals surface area contributed by atoms with Gasteiger partial charge in [0.25, 0.3) is 0 Å². The van der Waals surface area contributed by atoms with E-state index in [2.05, 4.69) is 21.9 Å². The lowest BCUT2D eigenvalue weighted by Crippen LogP contribution is -2.53. The largest absolute Gasteiger partial charge is 0.480 e. The molecule has 11 nitrogen and oxygen atoms in total. The van der Waals surface area contributed by atoms with E-state index in [0.29, 0.717) is 16.8 Å². The summed E-state index contributed by atoms with van der Waals surface area (Å²) in [4.78, 5) is 33.0. The molecule has 0 radical (unpaired) electrons. The molecule has 2 aromatic rings. The highest BCUT2D eigenvalue weighted by Crippen LogP contribution is 2.28. The van der Waals surface area contributed by atoms with Crippen molar-refractivity contribution in [3.63, 3.8) is 0 Å². The van der Waals surface area contributed by atoms with Gasteiger partial charge in [-0.05, 0) is 18.6 Å². The maximum atomic E-state index is 13.2. The van der Waals surface area contributed by atoms with E-state index in [-0.39, 0.29) is 44.3 Å². The fraction of sp³-hybridized carbons (Fsp3) is 0.412. The molecular formula is C17H22N6O5S. The Morgan fingerprint density at radius 3 is 2.59 bits per heavy atom. The number of hydrogen-bond donors (Lipinski definition) is 1. The van der Waals surface area contributed by atoms with E-state index in [1.165, 1.54) is 28.8 Å². The Morgan fingerprint density at radius 1 is 1.28 bits per heavy atom. The summed E-state index contributed by atoms with van der Waals surface area (Å²) >= 11 is 0. The molecule has 0 aromatic carbocycles. The first-order valence-corrected chi connectivity index (χ1v) is 10.2. The van der Waals surface area contributed by atoms with E-state index in [1.54, 1.807) is 6.92 Å². The molecule has 0 bridgehead atoms. The smallest absolute Gasteiger partial charge is 0.309 e. The fourth-order valence-corrected chi connectivity index (χ4v) is 4.67. The van der Waals surface area contributed by atoms with Crippen molar-refractivity contribution < 1.29 is 22.7 Å². The summed E-state index contributed by atoms with van der Waals surface area (Å²) in [6, 6.07) is 0. The molecule has 2 aromatic heterocycles. The molecule has 156 valence electrons. The molecule has 0 aliphatic carbocycles. The van der Waals surface area contributed by atoms with E-state index in [4.69, 9.17) is 4.74 Å². The molecule has 1 fully saturated rings. The van der Waals surface area contributed by atoms with E-state index in [9.17, 15) is 18.0 Å². The summed E-state index contributed by atoms with van der Waals surface area (Å²) in [5, 5.41) is 2.95. The van der Waals surface area contributed by atoms with Crippen LogP contribution in [0.2, 0.25) is 0 Å². The molecule has 0 saturated carbocycles. The second-order valence-electron chi connectivity index (χ2n) is 6.40. The number of methoxy groups -OCH3 is 1. The number of ether oxygens (including phenoxy) is 1. The third-order valence-corrected chi connectivity index (χ3v) is 6.46. The third-order valence-electron chi connectivity index (χ3n) is 4.67. The summed E-state index contributed by atoms with van der Waals surface area (Å²) < 4.78 is 33.9. The van der Waals surface area contributed by atoms with Crippen molar-refractivity contribution in [3.05, 3.63) is 30.7 Å². The highest BCUT2D eigenvalue weighted by molar-refractivity contribution is 7.87. The molecular weight excluding hydrogens is 400 g/mol. The van der Waals surface area contributed by atoms with Gasteiger partial charge in [0.1, 0.15) is 6.33 Å². The lowest BCUT2D eigenvalue weighted by atomic mass is 10.3. The van der Waals surface area contributed by atoms with Crippen LogP contribution in [0, 0.1) is 6.92 Å². The number of nitrogens with one attached hydrogen (secondary N) is 1. The first kappa shape index (κ1) is 20.7. The lowest BCUT2D eigenvalue weighted by molar-refractivity contribution is -0.133. The van der Waals surface area contributed by atoms with E-state index in [1.807, 2.05) is 0 Å². The maximum Gasteiger partial charge on any atom is 0.309 e. The highest BCUT2D eigenvalue weighted by atomic mass is 32.2. The summed E-state index contributed by atoms with van der Waals surface area (Å²) in [7, 11) is -2.43. The van der Waals surface area contributed by atoms with Crippen LogP contribution in [0.5, 0.6) is 5.88 Å². The van der Waals surface area contributed by atoms with Crippen LogP contribution in [0.1, 0.15) is 5.56 Å². The Morgan fingerprint density at radius 2 is 1.97 bits per heavy atom. The molecule has 0 atom stereocenters. The van der Waals surface area contributed by atoms with Crippen LogP contribution in [-0.2, 0) is 19.8 Å². The second kappa shape index (κ2) is 8.17. The molecule has 2 amide bonds. The summed E-state index contributed by atoms with van der Waals surface area (Å²) in [6.07, 6.45) is 3.82. The van der Waals surface area contributed by atoms with Gasteiger partial charge in [0, 0.05) is 32.4 Å². The van der Waals surface area contributed by atoms with Gasteiger partial charge in [-0.25, -0.2) is 13.9 Å². The van der Waals surface area contributed by atoms with Crippen LogP contribution in [0.15, 0.2) is 25.2 Å². The number of carbonyl (C=O) groups is 2. The number of hydrogen-bond acceptors (Lipinski definition) is 7. The second-order valence-corrected chi connectivity index (χ2v) is 8.20. The Hall–Kier alpha value is -2.99. The van der Waals surface area contributed by atoms with Crippen LogP contribution < -0.4 is 10.1 Å². The van der Waals surface area contributed by atoms with Crippen molar-refractivity contribution in [2.45, 2.75) is 6.92 Å². The van der Waals surface area contributed by atoms with Crippen molar-refractivity contribution in [3.8, 4) is 5.88 Å². The molecule has 0 unspecified atom stereocenters.